The van der Waals surface area contributed by atoms with Crippen molar-refractivity contribution in [2.45, 2.75) is 39.7 Å². The van der Waals surface area contributed by atoms with E-state index in [1.54, 1.807) is 0 Å². The van der Waals surface area contributed by atoms with Crippen LogP contribution in [-0.2, 0) is 6.54 Å². The summed E-state index contributed by atoms with van der Waals surface area (Å²) in [5.74, 6) is 0.526. The summed E-state index contributed by atoms with van der Waals surface area (Å²) in [4.78, 5) is 4.21. The lowest BCUT2D eigenvalue weighted by Crippen LogP contribution is -2.19. The van der Waals surface area contributed by atoms with Crippen molar-refractivity contribution in [3.05, 3.63) is 71.1 Å². The number of rotatable bonds is 6. The lowest BCUT2D eigenvalue weighted by molar-refractivity contribution is 0.517. The molecule has 1 atom stereocenters. The van der Waals surface area contributed by atoms with E-state index >= 15 is 0 Å². The van der Waals surface area contributed by atoms with Gasteiger partial charge < -0.3 is 5.32 Å². The van der Waals surface area contributed by atoms with E-state index in [2.05, 4.69) is 68.3 Å². The minimum atomic E-state index is 0.526. The Morgan fingerprint density at radius 3 is 2.55 bits per heavy atom. The van der Waals surface area contributed by atoms with Crippen LogP contribution in [0.15, 0.2) is 65.0 Å². The van der Waals surface area contributed by atoms with Crippen molar-refractivity contribution in [1.29, 1.82) is 0 Å². The second kappa shape index (κ2) is 7.26. The maximum Gasteiger partial charge on any atom is 0.0449 e. The molecular formula is C20H26N2. The van der Waals surface area contributed by atoms with Gasteiger partial charge in [-0.15, -0.1) is 0 Å². The van der Waals surface area contributed by atoms with Crippen molar-refractivity contribution in [2.75, 3.05) is 0 Å². The maximum atomic E-state index is 4.22. The number of aryl methyl sites for hydroxylation is 1. The number of aliphatic imine (C=N–C) groups is 1. The van der Waals surface area contributed by atoms with Crippen LogP contribution in [-0.4, -0.2) is 6.72 Å². The van der Waals surface area contributed by atoms with Gasteiger partial charge in [0.15, 0.2) is 0 Å². The molecule has 116 valence electrons. The Hall–Kier alpha value is -2.09. The molecule has 1 aliphatic rings. The van der Waals surface area contributed by atoms with E-state index in [1.165, 1.54) is 22.3 Å². The summed E-state index contributed by atoms with van der Waals surface area (Å²) in [6.45, 7) is 17.0. The largest absolute Gasteiger partial charge is 0.381 e. The quantitative estimate of drug-likeness (QED) is 0.584. The normalized spacial score (nSPS) is 18.0. The molecule has 1 aromatic carbocycles. The van der Waals surface area contributed by atoms with Gasteiger partial charge in [0.2, 0.25) is 0 Å². The van der Waals surface area contributed by atoms with E-state index in [0.29, 0.717) is 5.92 Å². The summed E-state index contributed by atoms with van der Waals surface area (Å²) < 4.78 is 0. The van der Waals surface area contributed by atoms with Gasteiger partial charge in [-0.3, -0.25) is 4.99 Å². The first-order valence-corrected chi connectivity index (χ1v) is 7.84. The van der Waals surface area contributed by atoms with Crippen LogP contribution in [0.2, 0.25) is 0 Å². The van der Waals surface area contributed by atoms with E-state index in [-0.39, 0.29) is 0 Å². The molecule has 2 rings (SSSR count). The third-order valence-electron chi connectivity index (χ3n) is 4.41. The van der Waals surface area contributed by atoms with E-state index in [0.717, 1.165) is 37.2 Å². The molecule has 22 heavy (non-hydrogen) atoms. The van der Waals surface area contributed by atoms with E-state index in [9.17, 15) is 0 Å². The van der Waals surface area contributed by atoms with Crippen molar-refractivity contribution in [2.24, 2.45) is 10.9 Å². The average Bonchev–Trinajstić information content (AvgIpc) is 2.53. The fourth-order valence-corrected chi connectivity index (χ4v) is 2.84. The minimum absolute atomic E-state index is 0.526. The predicted octanol–water partition coefficient (Wildman–Crippen LogP) is 4.93. The summed E-state index contributed by atoms with van der Waals surface area (Å²) in [5.41, 5.74) is 7.04. The Bertz CT molecular complexity index is 605. The first kappa shape index (κ1) is 16.3. The van der Waals surface area contributed by atoms with Gasteiger partial charge in [0.05, 0.1) is 0 Å². The number of nitrogens with one attached hydrogen (secondary N) is 1. The molecule has 0 fully saturated rings. The van der Waals surface area contributed by atoms with Gasteiger partial charge in [-0.25, -0.2) is 0 Å². The highest BCUT2D eigenvalue weighted by Gasteiger charge is 2.22. The summed E-state index contributed by atoms with van der Waals surface area (Å²) in [6.07, 6.45) is 3.03. The summed E-state index contributed by atoms with van der Waals surface area (Å²) >= 11 is 0. The van der Waals surface area contributed by atoms with Crippen LogP contribution in [0.25, 0.3) is 0 Å². The van der Waals surface area contributed by atoms with Crippen molar-refractivity contribution >= 4 is 6.72 Å². The highest BCUT2D eigenvalue weighted by Crippen LogP contribution is 2.35. The molecule has 0 saturated heterocycles. The van der Waals surface area contributed by atoms with Gasteiger partial charge in [-0.1, -0.05) is 48.6 Å². The van der Waals surface area contributed by atoms with Crippen LogP contribution < -0.4 is 5.32 Å². The summed E-state index contributed by atoms with van der Waals surface area (Å²) in [6, 6.07) is 8.56. The molecule has 0 heterocycles. The van der Waals surface area contributed by atoms with Crippen molar-refractivity contribution in [1.82, 2.24) is 5.32 Å². The Balaban J connectivity index is 2.05. The van der Waals surface area contributed by atoms with Crippen LogP contribution in [0.3, 0.4) is 0 Å². The Labute approximate surface area is 134 Å². The first-order chi connectivity index (χ1) is 10.5. The standard InChI is InChI=1S/C20H26N2/c1-14(2)18-10-11-20(21-5)19(12-18)16(4)22-13-17-8-6-15(3)7-9-17/h6-9,18,22H,1,4-5,10-13H2,2-3H3. The lowest BCUT2D eigenvalue weighted by atomic mass is 9.82. The number of hydrogen-bond acceptors (Lipinski definition) is 2. The molecular weight excluding hydrogens is 268 g/mol. The fraction of sp³-hybridized carbons (Fsp3) is 0.350. The predicted molar refractivity (Wildman–Crippen MR) is 95.9 cm³/mol. The smallest absolute Gasteiger partial charge is 0.0449 e. The Morgan fingerprint density at radius 2 is 1.95 bits per heavy atom. The molecule has 0 bridgehead atoms. The summed E-state index contributed by atoms with van der Waals surface area (Å²) in [5, 5.41) is 3.44. The zero-order chi connectivity index (χ0) is 16.1. The zero-order valence-corrected chi connectivity index (χ0v) is 13.8. The van der Waals surface area contributed by atoms with Gasteiger partial charge in [-0.05, 0) is 56.9 Å². The molecule has 0 aromatic heterocycles. The maximum absolute atomic E-state index is 4.22. The van der Waals surface area contributed by atoms with Crippen molar-refractivity contribution in [3.8, 4) is 0 Å². The van der Waals surface area contributed by atoms with Crippen LogP contribution in [0.4, 0.5) is 0 Å². The molecule has 2 heteroatoms. The highest BCUT2D eigenvalue weighted by atomic mass is 14.9. The van der Waals surface area contributed by atoms with Gasteiger partial charge >= 0.3 is 0 Å². The van der Waals surface area contributed by atoms with Crippen LogP contribution in [0, 0.1) is 12.8 Å². The Kier molecular flexibility index (Phi) is 5.37. The monoisotopic (exact) mass is 294 g/mol. The number of hydrogen-bond donors (Lipinski definition) is 1. The SMILES string of the molecule is C=NC1=C(C(=C)NCc2ccc(C)cc2)CC(C(=C)C)CC1. The highest BCUT2D eigenvalue weighted by molar-refractivity contribution is 5.40. The Morgan fingerprint density at radius 1 is 1.27 bits per heavy atom. The molecule has 1 N–H and O–H groups in total. The molecule has 0 saturated carbocycles. The minimum Gasteiger partial charge on any atom is -0.381 e. The van der Waals surface area contributed by atoms with Gasteiger partial charge in [0.25, 0.3) is 0 Å². The number of allylic oxidation sites excluding steroid dienone is 3. The molecule has 1 aromatic rings. The molecule has 1 aliphatic carbocycles. The third kappa shape index (κ3) is 3.97. The summed E-state index contributed by atoms with van der Waals surface area (Å²) in [7, 11) is 0. The van der Waals surface area contributed by atoms with E-state index < -0.39 is 0 Å². The lowest BCUT2D eigenvalue weighted by Gasteiger charge is -2.27. The topological polar surface area (TPSA) is 24.4 Å². The van der Waals surface area contributed by atoms with Crippen LogP contribution in [0.1, 0.15) is 37.3 Å². The second-order valence-electron chi connectivity index (χ2n) is 6.19. The molecule has 0 spiro atoms. The van der Waals surface area contributed by atoms with Gasteiger partial charge in [-0.2, -0.15) is 0 Å². The molecule has 2 nitrogen and oxygen atoms in total. The number of nitrogens with zero attached hydrogens (tertiary/aromatic N) is 1. The molecule has 0 aliphatic heterocycles. The molecule has 0 radical (unpaired) electrons. The van der Waals surface area contributed by atoms with Gasteiger partial charge in [0, 0.05) is 17.9 Å². The van der Waals surface area contributed by atoms with Crippen LogP contribution in [0.5, 0.6) is 0 Å². The van der Waals surface area contributed by atoms with Crippen LogP contribution >= 0.6 is 0 Å². The average molecular weight is 294 g/mol. The first-order valence-electron chi connectivity index (χ1n) is 7.84. The van der Waals surface area contributed by atoms with E-state index in [1.807, 2.05) is 0 Å². The number of benzene rings is 1. The van der Waals surface area contributed by atoms with E-state index in [4.69, 9.17) is 0 Å². The molecule has 0 amide bonds. The second-order valence-corrected chi connectivity index (χ2v) is 6.19. The third-order valence-corrected chi connectivity index (χ3v) is 4.41. The fourth-order valence-electron chi connectivity index (χ4n) is 2.84. The van der Waals surface area contributed by atoms with Crippen molar-refractivity contribution in [3.63, 3.8) is 0 Å². The van der Waals surface area contributed by atoms with Gasteiger partial charge in [0.1, 0.15) is 0 Å². The van der Waals surface area contributed by atoms with Crippen molar-refractivity contribution < 1.29 is 0 Å². The zero-order valence-electron chi connectivity index (χ0n) is 13.8. The molecule has 1 unspecified atom stereocenters.